The molecule has 0 aliphatic rings. The molecule has 0 saturated heterocycles. The lowest BCUT2D eigenvalue weighted by Crippen LogP contribution is -2.19. The van der Waals surface area contributed by atoms with E-state index in [9.17, 15) is 4.79 Å². The lowest BCUT2D eigenvalue weighted by molar-refractivity contribution is -0.116. The van der Waals surface area contributed by atoms with Crippen molar-refractivity contribution >= 4 is 34.2 Å². The summed E-state index contributed by atoms with van der Waals surface area (Å²) in [5.74, 6) is -0.146. The first-order valence-corrected chi connectivity index (χ1v) is 7.31. The fourth-order valence-electron chi connectivity index (χ4n) is 1.69. The van der Waals surface area contributed by atoms with Crippen molar-refractivity contribution in [1.82, 2.24) is 15.0 Å². The van der Waals surface area contributed by atoms with Gasteiger partial charge < -0.3 is 10.4 Å². The summed E-state index contributed by atoms with van der Waals surface area (Å²) in [6.45, 7) is 0.247. The highest BCUT2D eigenvalue weighted by molar-refractivity contribution is 14.1. The summed E-state index contributed by atoms with van der Waals surface area (Å²) >= 11 is 2.17. The monoisotopic (exact) mass is 386 g/mol. The summed E-state index contributed by atoms with van der Waals surface area (Å²) in [4.78, 5) is 11.9. The zero-order valence-corrected chi connectivity index (χ0v) is 12.9. The average Bonchev–Trinajstić information content (AvgIpc) is 2.86. The largest absolute Gasteiger partial charge is 0.396 e. The summed E-state index contributed by atoms with van der Waals surface area (Å²) in [5, 5.41) is 19.4. The maximum Gasteiger partial charge on any atom is 0.246 e. The van der Waals surface area contributed by atoms with Crippen LogP contribution >= 0.6 is 22.6 Å². The van der Waals surface area contributed by atoms with Gasteiger partial charge in [0, 0.05) is 16.4 Å². The van der Waals surface area contributed by atoms with Crippen LogP contribution in [0.15, 0.2) is 30.5 Å². The smallest absolute Gasteiger partial charge is 0.246 e. The predicted octanol–water partition coefficient (Wildman–Crippen LogP) is 1.45. The molecule has 0 spiro atoms. The van der Waals surface area contributed by atoms with Crippen molar-refractivity contribution in [1.29, 1.82) is 0 Å². The lowest BCUT2D eigenvalue weighted by atomic mass is 10.3. The molecule has 0 aliphatic heterocycles. The van der Waals surface area contributed by atoms with E-state index in [2.05, 4.69) is 38.2 Å². The van der Waals surface area contributed by atoms with Crippen LogP contribution in [0.25, 0.3) is 0 Å². The van der Waals surface area contributed by atoms with Crippen molar-refractivity contribution < 1.29 is 9.90 Å². The Bertz CT molecular complexity index is 585. The van der Waals surface area contributed by atoms with E-state index in [4.69, 9.17) is 5.11 Å². The number of aliphatic hydroxyl groups excluding tert-OH is 1. The number of halogens is 1. The first kappa shape index (κ1) is 14.9. The van der Waals surface area contributed by atoms with E-state index in [-0.39, 0.29) is 19.1 Å². The topological polar surface area (TPSA) is 80.0 Å². The number of aliphatic hydroxyl groups is 1. The van der Waals surface area contributed by atoms with Gasteiger partial charge in [0.15, 0.2) is 0 Å². The molecule has 106 valence electrons. The average molecular weight is 386 g/mol. The maximum atomic E-state index is 11.9. The highest BCUT2D eigenvalue weighted by Gasteiger charge is 2.08. The number of hydrogen-bond acceptors (Lipinski definition) is 4. The number of hydrogen-bond donors (Lipinski definition) is 2. The fraction of sp³-hybridized carbons (Fsp3) is 0.308. The van der Waals surface area contributed by atoms with Gasteiger partial charge in [0.05, 0.1) is 11.4 Å². The Labute approximate surface area is 130 Å². The van der Waals surface area contributed by atoms with Gasteiger partial charge in [-0.15, -0.1) is 5.10 Å². The van der Waals surface area contributed by atoms with Crippen molar-refractivity contribution in [3.05, 3.63) is 39.7 Å². The Morgan fingerprint density at radius 3 is 2.95 bits per heavy atom. The molecule has 2 N–H and O–H groups in total. The molecule has 0 fully saturated rings. The van der Waals surface area contributed by atoms with Gasteiger partial charge in [-0.2, -0.15) is 0 Å². The van der Waals surface area contributed by atoms with E-state index < -0.39 is 0 Å². The summed E-state index contributed by atoms with van der Waals surface area (Å²) < 4.78 is 2.48. The van der Waals surface area contributed by atoms with Crippen LogP contribution in [-0.4, -0.2) is 32.6 Å². The number of carbonyl (C=O) groups is 1. The molecule has 0 bridgehead atoms. The second-order valence-electron chi connectivity index (χ2n) is 4.26. The Hall–Kier alpha value is -1.48. The van der Waals surface area contributed by atoms with E-state index >= 15 is 0 Å². The second kappa shape index (κ2) is 7.34. The molecule has 0 radical (unpaired) electrons. The Balaban J connectivity index is 1.91. The lowest BCUT2D eigenvalue weighted by Gasteiger charge is -2.06. The van der Waals surface area contributed by atoms with Crippen molar-refractivity contribution in [2.75, 3.05) is 11.9 Å². The van der Waals surface area contributed by atoms with Crippen LogP contribution in [0.1, 0.15) is 12.1 Å². The summed E-state index contributed by atoms with van der Waals surface area (Å²) in [7, 11) is 0. The molecular formula is C13H15IN4O2. The van der Waals surface area contributed by atoms with Gasteiger partial charge in [0.2, 0.25) is 5.91 Å². The molecule has 20 heavy (non-hydrogen) atoms. The standard InChI is InChI=1S/C13H15IN4O2/c14-11-5-1-2-6-12(11)15-13(20)9-18-8-10(16-17-18)4-3-7-19/h1-2,5-6,8,19H,3-4,7,9H2,(H,15,20). The maximum absolute atomic E-state index is 11.9. The number of aromatic nitrogens is 3. The Morgan fingerprint density at radius 1 is 1.40 bits per heavy atom. The molecule has 0 atom stereocenters. The summed E-state index contributed by atoms with van der Waals surface area (Å²) in [6.07, 6.45) is 3.03. The minimum Gasteiger partial charge on any atom is -0.396 e. The molecule has 6 nitrogen and oxygen atoms in total. The molecule has 0 aliphatic carbocycles. The van der Waals surface area contributed by atoms with Gasteiger partial charge >= 0.3 is 0 Å². The van der Waals surface area contributed by atoms with Gasteiger partial charge in [-0.05, 0) is 47.6 Å². The van der Waals surface area contributed by atoms with Gasteiger partial charge in [-0.1, -0.05) is 17.3 Å². The molecular weight excluding hydrogens is 371 g/mol. The number of benzene rings is 1. The van der Waals surface area contributed by atoms with Crippen molar-refractivity contribution in [3.8, 4) is 0 Å². The van der Waals surface area contributed by atoms with Crippen molar-refractivity contribution in [2.45, 2.75) is 19.4 Å². The third kappa shape index (κ3) is 4.27. The number of nitrogens with one attached hydrogen (secondary N) is 1. The SMILES string of the molecule is O=C(Cn1cc(CCCO)nn1)Nc1ccccc1I. The Kier molecular flexibility index (Phi) is 5.48. The highest BCUT2D eigenvalue weighted by atomic mass is 127. The van der Waals surface area contributed by atoms with Crippen molar-refractivity contribution in [2.24, 2.45) is 0 Å². The molecule has 7 heteroatoms. The highest BCUT2D eigenvalue weighted by Crippen LogP contribution is 2.16. The van der Waals surface area contributed by atoms with Crippen molar-refractivity contribution in [3.63, 3.8) is 0 Å². The molecule has 1 aromatic carbocycles. The van der Waals surface area contributed by atoms with E-state index in [0.717, 1.165) is 15.0 Å². The predicted molar refractivity (Wildman–Crippen MR) is 83.2 cm³/mol. The molecule has 2 rings (SSSR count). The van der Waals surface area contributed by atoms with Crippen LogP contribution in [0.2, 0.25) is 0 Å². The summed E-state index contributed by atoms with van der Waals surface area (Å²) in [5.41, 5.74) is 1.57. The van der Waals surface area contributed by atoms with Crippen LogP contribution in [0.3, 0.4) is 0 Å². The number of rotatable bonds is 6. The van der Waals surface area contributed by atoms with E-state index in [1.54, 1.807) is 6.20 Å². The number of para-hydroxylation sites is 1. The second-order valence-corrected chi connectivity index (χ2v) is 5.42. The minimum atomic E-state index is -0.146. The van der Waals surface area contributed by atoms with Crippen LogP contribution in [0.5, 0.6) is 0 Å². The fourth-order valence-corrected chi connectivity index (χ4v) is 2.21. The van der Waals surface area contributed by atoms with Crippen LogP contribution in [0.4, 0.5) is 5.69 Å². The zero-order valence-electron chi connectivity index (χ0n) is 10.8. The third-order valence-corrected chi connectivity index (χ3v) is 3.57. The van der Waals surface area contributed by atoms with Gasteiger partial charge in [0.1, 0.15) is 6.54 Å². The number of carbonyl (C=O) groups excluding carboxylic acids is 1. The van der Waals surface area contributed by atoms with Crippen LogP contribution in [-0.2, 0) is 17.8 Å². The first-order chi connectivity index (χ1) is 9.69. The quantitative estimate of drug-likeness (QED) is 0.737. The van der Waals surface area contributed by atoms with E-state index in [1.807, 2.05) is 24.3 Å². The molecule has 1 amide bonds. The van der Waals surface area contributed by atoms with Gasteiger partial charge in [0.25, 0.3) is 0 Å². The molecule has 0 saturated carbocycles. The number of aryl methyl sites for hydroxylation is 1. The molecule has 1 heterocycles. The van der Waals surface area contributed by atoms with Gasteiger partial charge in [-0.25, -0.2) is 4.68 Å². The molecule has 1 aromatic heterocycles. The first-order valence-electron chi connectivity index (χ1n) is 6.23. The number of anilines is 1. The zero-order chi connectivity index (χ0) is 14.4. The number of amides is 1. The van der Waals surface area contributed by atoms with Crippen LogP contribution in [0, 0.1) is 3.57 Å². The normalized spacial score (nSPS) is 10.5. The molecule has 2 aromatic rings. The van der Waals surface area contributed by atoms with Gasteiger partial charge in [-0.3, -0.25) is 4.79 Å². The van der Waals surface area contributed by atoms with E-state index in [1.165, 1.54) is 4.68 Å². The van der Waals surface area contributed by atoms with Crippen LogP contribution < -0.4 is 5.32 Å². The third-order valence-electron chi connectivity index (χ3n) is 2.63. The summed E-state index contributed by atoms with van der Waals surface area (Å²) in [6, 6.07) is 7.58. The molecule has 0 unspecified atom stereocenters. The number of nitrogens with zero attached hydrogens (tertiary/aromatic N) is 3. The minimum absolute atomic E-state index is 0.122. The Morgan fingerprint density at radius 2 is 2.20 bits per heavy atom. The van der Waals surface area contributed by atoms with E-state index in [0.29, 0.717) is 12.8 Å².